The number of aliphatic imine (C=N–C) groups is 1. The van der Waals surface area contributed by atoms with Gasteiger partial charge in [0.05, 0.1) is 44.6 Å². The molecular weight excluding hydrogens is 490 g/mol. The SMILES string of the molecule is CCOC(=O)C1=C(c2ccccc2)N=C2SC=C(CC(=O)N(C)CC)N2[C@H]1c1ccc(OC)cc1OC. The van der Waals surface area contributed by atoms with Crippen molar-refractivity contribution in [3.8, 4) is 11.5 Å². The Labute approximate surface area is 221 Å². The van der Waals surface area contributed by atoms with Crippen LogP contribution >= 0.6 is 11.8 Å². The van der Waals surface area contributed by atoms with Gasteiger partial charge in [0.25, 0.3) is 0 Å². The van der Waals surface area contributed by atoms with Crippen LogP contribution in [0, 0.1) is 0 Å². The number of hydrogen-bond acceptors (Lipinski definition) is 8. The number of fused-ring (bicyclic) bond motifs is 1. The van der Waals surface area contributed by atoms with Gasteiger partial charge in [0.15, 0.2) is 5.17 Å². The van der Waals surface area contributed by atoms with E-state index < -0.39 is 12.0 Å². The van der Waals surface area contributed by atoms with Gasteiger partial charge in [-0.2, -0.15) is 0 Å². The van der Waals surface area contributed by atoms with Crippen LogP contribution in [0.25, 0.3) is 5.70 Å². The van der Waals surface area contributed by atoms with Gasteiger partial charge in [-0.25, -0.2) is 9.79 Å². The van der Waals surface area contributed by atoms with Crippen molar-refractivity contribution in [2.45, 2.75) is 26.3 Å². The Morgan fingerprint density at radius 3 is 2.49 bits per heavy atom. The third-order valence-corrected chi connectivity index (χ3v) is 7.21. The zero-order chi connectivity index (χ0) is 26.5. The Bertz CT molecular complexity index is 1270. The molecule has 1 atom stereocenters. The lowest BCUT2D eigenvalue weighted by molar-refractivity contribution is -0.139. The van der Waals surface area contributed by atoms with E-state index in [0.29, 0.717) is 34.5 Å². The molecule has 0 spiro atoms. The number of thioether (sulfide) groups is 1. The molecule has 0 N–H and O–H groups in total. The highest BCUT2D eigenvalue weighted by molar-refractivity contribution is 8.16. The molecule has 2 aliphatic rings. The molecule has 0 aromatic heterocycles. The van der Waals surface area contributed by atoms with Crippen LogP contribution in [0.2, 0.25) is 0 Å². The highest BCUT2D eigenvalue weighted by Crippen LogP contribution is 2.49. The number of hydrogen-bond donors (Lipinski definition) is 0. The minimum atomic E-state index is -0.636. The fourth-order valence-corrected chi connectivity index (χ4v) is 5.21. The average molecular weight is 522 g/mol. The normalized spacial score (nSPS) is 16.6. The zero-order valence-electron chi connectivity index (χ0n) is 21.7. The Morgan fingerprint density at radius 1 is 1.08 bits per heavy atom. The largest absolute Gasteiger partial charge is 0.497 e. The second kappa shape index (κ2) is 11.6. The predicted octanol–water partition coefficient (Wildman–Crippen LogP) is 4.85. The van der Waals surface area contributed by atoms with E-state index in [1.165, 1.54) is 11.8 Å². The van der Waals surface area contributed by atoms with Crippen LogP contribution in [-0.2, 0) is 14.3 Å². The Morgan fingerprint density at radius 2 is 1.84 bits per heavy atom. The molecule has 1 amide bonds. The van der Waals surface area contributed by atoms with Crippen molar-refractivity contribution in [3.05, 3.63) is 76.3 Å². The van der Waals surface area contributed by atoms with E-state index in [0.717, 1.165) is 16.8 Å². The summed E-state index contributed by atoms with van der Waals surface area (Å²) in [4.78, 5) is 35.1. The minimum absolute atomic E-state index is 0.0217. The maximum absolute atomic E-state index is 13.6. The van der Waals surface area contributed by atoms with Crippen LogP contribution in [0.5, 0.6) is 11.5 Å². The molecule has 0 fully saturated rings. The van der Waals surface area contributed by atoms with E-state index >= 15 is 0 Å². The number of carbonyl (C=O) groups is 2. The van der Waals surface area contributed by atoms with Crippen molar-refractivity contribution < 1.29 is 23.8 Å². The van der Waals surface area contributed by atoms with E-state index in [2.05, 4.69) is 0 Å². The molecule has 2 heterocycles. The second-order valence-electron chi connectivity index (χ2n) is 8.44. The Balaban J connectivity index is 1.94. The maximum Gasteiger partial charge on any atom is 0.338 e. The first-order chi connectivity index (χ1) is 17.9. The Kier molecular flexibility index (Phi) is 8.23. The van der Waals surface area contributed by atoms with Crippen LogP contribution < -0.4 is 9.47 Å². The first kappa shape index (κ1) is 26.3. The topological polar surface area (TPSA) is 80.7 Å². The molecule has 0 aliphatic carbocycles. The van der Waals surface area contributed by atoms with Crippen molar-refractivity contribution in [2.24, 2.45) is 4.99 Å². The molecule has 0 saturated carbocycles. The fourth-order valence-electron chi connectivity index (χ4n) is 4.29. The molecule has 2 aliphatic heterocycles. The van der Waals surface area contributed by atoms with Gasteiger partial charge in [0, 0.05) is 36.5 Å². The van der Waals surface area contributed by atoms with E-state index in [1.54, 1.807) is 39.2 Å². The number of ether oxygens (including phenoxy) is 3. The van der Waals surface area contributed by atoms with Crippen LogP contribution in [0.1, 0.15) is 37.4 Å². The maximum atomic E-state index is 13.6. The van der Waals surface area contributed by atoms with E-state index in [4.69, 9.17) is 19.2 Å². The smallest absolute Gasteiger partial charge is 0.338 e. The van der Waals surface area contributed by atoms with E-state index in [1.807, 2.05) is 59.7 Å². The number of nitrogens with zero attached hydrogens (tertiary/aromatic N) is 3. The molecule has 194 valence electrons. The number of benzene rings is 2. The quantitative estimate of drug-likeness (QED) is 0.437. The van der Waals surface area contributed by atoms with Gasteiger partial charge in [-0.1, -0.05) is 42.1 Å². The predicted molar refractivity (Wildman–Crippen MR) is 145 cm³/mol. The number of rotatable bonds is 9. The molecule has 2 aromatic carbocycles. The summed E-state index contributed by atoms with van der Waals surface area (Å²) in [7, 11) is 4.94. The van der Waals surface area contributed by atoms with Gasteiger partial charge < -0.3 is 24.0 Å². The number of carbonyl (C=O) groups excluding carboxylic acids is 2. The zero-order valence-corrected chi connectivity index (χ0v) is 22.5. The highest BCUT2D eigenvalue weighted by atomic mass is 32.2. The lowest BCUT2D eigenvalue weighted by Crippen LogP contribution is -2.38. The fraction of sp³-hybridized carbons (Fsp3) is 0.321. The number of amidine groups is 1. The molecule has 0 radical (unpaired) electrons. The summed E-state index contributed by atoms with van der Waals surface area (Å²) in [5.74, 6) is 0.682. The van der Waals surface area contributed by atoms with Gasteiger partial charge >= 0.3 is 5.97 Å². The number of esters is 1. The third kappa shape index (κ3) is 5.22. The summed E-state index contributed by atoms with van der Waals surface area (Å²) in [6.07, 6.45) is 0.169. The first-order valence-electron chi connectivity index (χ1n) is 12.1. The molecule has 4 rings (SSSR count). The van der Waals surface area contributed by atoms with E-state index in [-0.39, 0.29) is 18.9 Å². The highest BCUT2D eigenvalue weighted by Gasteiger charge is 2.43. The minimum Gasteiger partial charge on any atom is -0.497 e. The van der Waals surface area contributed by atoms with Crippen molar-refractivity contribution in [2.75, 3.05) is 34.4 Å². The monoisotopic (exact) mass is 521 g/mol. The average Bonchev–Trinajstić information content (AvgIpc) is 3.33. The Hall–Kier alpha value is -3.72. The van der Waals surface area contributed by atoms with Crippen molar-refractivity contribution in [1.82, 2.24) is 9.80 Å². The summed E-state index contributed by atoms with van der Waals surface area (Å²) in [6.45, 7) is 4.52. The van der Waals surface area contributed by atoms with Crippen LogP contribution in [0.3, 0.4) is 0 Å². The van der Waals surface area contributed by atoms with Gasteiger partial charge in [-0.15, -0.1) is 0 Å². The standard InChI is InChI=1S/C28H31N3O5S/c1-6-30(3)23(32)15-19-17-37-28-29-25(18-11-9-8-10-12-18)24(27(33)36-7-2)26(31(19)28)21-14-13-20(34-4)16-22(21)35-5/h8-14,16-17,26H,6-7,15H2,1-5H3/t26-/m0/s1. The number of methoxy groups -OCH3 is 2. The van der Waals surface area contributed by atoms with Gasteiger partial charge in [0.2, 0.25) is 5.91 Å². The van der Waals surface area contributed by atoms with Gasteiger partial charge in [-0.05, 0) is 31.4 Å². The summed E-state index contributed by atoms with van der Waals surface area (Å²) in [5.41, 5.74) is 3.20. The molecule has 2 aromatic rings. The lowest BCUT2D eigenvalue weighted by atomic mass is 9.90. The molecule has 0 unspecified atom stereocenters. The lowest BCUT2D eigenvalue weighted by Gasteiger charge is -2.37. The molecule has 37 heavy (non-hydrogen) atoms. The summed E-state index contributed by atoms with van der Waals surface area (Å²) >= 11 is 1.43. The van der Waals surface area contributed by atoms with E-state index in [9.17, 15) is 9.59 Å². The summed E-state index contributed by atoms with van der Waals surface area (Å²) in [5, 5.41) is 2.61. The molecule has 0 saturated heterocycles. The molecule has 8 nitrogen and oxygen atoms in total. The van der Waals surface area contributed by atoms with Crippen molar-refractivity contribution in [1.29, 1.82) is 0 Å². The van der Waals surface area contributed by atoms with Crippen LogP contribution in [0.4, 0.5) is 0 Å². The molecule has 0 bridgehead atoms. The third-order valence-electron chi connectivity index (χ3n) is 6.32. The molecule has 9 heteroatoms. The molecular formula is C28H31N3O5S. The second-order valence-corrected chi connectivity index (χ2v) is 9.27. The van der Waals surface area contributed by atoms with Crippen molar-refractivity contribution >= 4 is 34.5 Å². The van der Waals surface area contributed by atoms with Crippen molar-refractivity contribution in [3.63, 3.8) is 0 Å². The van der Waals surface area contributed by atoms with Crippen LogP contribution in [-0.4, -0.2) is 61.3 Å². The van der Waals surface area contributed by atoms with Crippen LogP contribution in [0.15, 0.2) is 70.2 Å². The first-order valence-corrected chi connectivity index (χ1v) is 13.0. The van der Waals surface area contributed by atoms with Gasteiger partial charge in [-0.3, -0.25) is 4.79 Å². The summed E-state index contributed by atoms with van der Waals surface area (Å²) in [6, 6.07) is 14.4. The summed E-state index contributed by atoms with van der Waals surface area (Å²) < 4.78 is 16.7. The van der Waals surface area contributed by atoms with Gasteiger partial charge in [0.1, 0.15) is 11.5 Å². The number of amides is 1.